The van der Waals surface area contributed by atoms with Gasteiger partial charge in [0.1, 0.15) is 6.10 Å². The Kier molecular flexibility index (Phi) is 4.26. The van der Waals surface area contributed by atoms with Crippen molar-refractivity contribution in [3.63, 3.8) is 0 Å². The van der Waals surface area contributed by atoms with Crippen LogP contribution in [-0.2, 0) is 0 Å². The summed E-state index contributed by atoms with van der Waals surface area (Å²) in [6.07, 6.45) is -2.05. The van der Waals surface area contributed by atoms with Gasteiger partial charge < -0.3 is 21.3 Å². The summed E-state index contributed by atoms with van der Waals surface area (Å²) in [5.74, 6) is 0. The quantitative estimate of drug-likeness (QED) is 0.525. The summed E-state index contributed by atoms with van der Waals surface area (Å²) < 4.78 is 0. The van der Waals surface area contributed by atoms with E-state index in [1.54, 1.807) is 19.2 Å². The van der Waals surface area contributed by atoms with Gasteiger partial charge in [-0.1, -0.05) is 6.07 Å². The standard InChI is InChI=1S/C11H15N3O2/c1-14-6-10(15)11(16)9-3-2-8(13)4-7(9)5-12/h2-4,10-11,14-16H,6,13H2,1H3. The molecule has 0 aromatic heterocycles. The minimum absolute atomic E-state index is 0.246. The first-order valence-corrected chi connectivity index (χ1v) is 4.90. The number of likely N-dealkylation sites (N-methyl/N-ethyl adjacent to an activating group) is 1. The number of nitrogen functional groups attached to an aromatic ring is 1. The van der Waals surface area contributed by atoms with Crippen molar-refractivity contribution in [1.29, 1.82) is 5.26 Å². The van der Waals surface area contributed by atoms with Crippen molar-refractivity contribution in [2.75, 3.05) is 19.3 Å². The van der Waals surface area contributed by atoms with Crippen molar-refractivity contribution in [3.05, 3.63) is 29.3 Å². The van der Waals surface area contributed by atoms with E-state index < -0.39 is 12.2 Å². The molecule has 5 nitrogen and oxygen atoms in total. The Bertz CT molecular complexity index is 401. The fourth-order valence-corrected chi connectivity index (χ4v) is 1.46. The predicted molar refractivity (Wildman–Crippen MR) is 60.5 cm³/mol. The minimum Gasteiger partial charge on any atom is -0.399 e. The summed E-state index contributed by atoms with van der Waals surface area (Å²) in [6.45, 7) is 0.246. The number of nitrogens with two attached hydrogens (primary N) is 1. The maximum absolute atomic E-state index is 9.84. The van der Waals surface area contributed by atoms with Crippen molar-refractivity contribution < 1.29 is 10.2 Å². The number of anilines is 1. The number of nitrogens with one attached hydrogen (secondary N) is 1. The fourth-order valence-electron chi connectivity index (χ4n) is 1.46. The van der Waals surface area contributed by atoms with Crippen LogP contribution in [-0.4, -0.2) is 29.9 Å². The number of nitrogens with zero attached hydrogens (tertiary/aromatic N) is 1. The van der Waals surface area contributed by atoms with Gasteiger partial charge in [-0.3, -0.25) is 0 Å². The lowest BCUT2D eigenvalue weighted by atomic mass is 9.98. The lowest BCUT2D eigenvalue weighted by Gasteiger charge is -2.18. The van der Waals surface area contributed by atoms with Crippen LogP contribution in [0.15, 0.2) is 18.2 Å². The maximum Gasteiger partial charge on any atom is 0.107 e. The predicted octanol–water partition coefficient (Wildman–Crippen LogP) is -0.246. The smallest absolute Gasteiger partial charge is 0.107 e. The van der Waals surface area contributed by atoms with Gasteiger partial charge in [0.05, 0.1) is 17.7 Å². The third-order valence-electron chi connectivity index (χ3n) is 2.29. The van der Waals surface area contributed by atoms with Gasteiger partial charge in [0.25, 0.3) is 0 Å². The van der Waals surface area contributed by atoms with E-state index in [0.29, 0.717) is 11.3 Å². The second-order valence-electron chi connectivity index (χ2n) is 3.53. The third kappa shape index (κ3) is 2.70. The largest absolute Gasteiger partial charge is 0.399 e. The monoisotopic (exact) mass is 221 g/mol. The first-order chi connectivity index (χ1) is 7.60. The molecule has 0 bridgehead atoms. The van der Waals surface area contributed by atoms with Gasteiger partial charge in [-0.05, 0) is 19.2 Å². The summed E-state index contributed by atoms with van der Waals surface area (Å²) >= 11 is 0. The summed E-state index contributed by atoms with van der Waals surface area (Å²) in [5, 5.41) is 31.1. The molecule has 0 fully saturated rings. The van der Waals surface area contributed by atoms with Crippen molar-refractivity contribution >= 4 is 5.69 Å². The minimum atomic E-state index is -1.09. The highest BCUT2D eigenvalue weighted by Crippen LogP contribution is 2.22. The molecule has 0 radical (unpaired) electrons. The topological polar surface area (TPSA) is 102 Å². The first-order valence-electron chi connectivity index (χ1n) is 4.90. The van der Waals surface area contributed by atoms with E-state index in [9.17, 15) is 10.2 Å². The number of benzene rings is 1. The Balaban J connectivity index is 2.99. The van der Waals surface area contributed by atoms with E-state index in [1.807, 2.05) is 6.07 Å². The second-order valence-corrected chi connectivity index (χ2v) is 3.53. The van der Waals surface area contributed by atoms with Crippen molar-refractivity contribution in [1.82, 2.24) is 5.32 Å². The summed E-state index contributed by atoms with van der Waals surface area (Å²) in [7, 11) is 1.67. The molecule has 0 saturated heterocycles. The number of nitriles is 1. The summed E-state index contributed by atoms with van der Waals surface area (Å²) in [4.78, 5) is 0. The molecule has 1 aromatic rings. The molecule has 1 rings (SSSR count). The highest BCUT2D eigenvalue weighted by Gasteiger charge is 2.20. The average Bonchev–Trinajstić information content (AvgIpc) is 2.28. The Hall–Kier alpha value is -1.61. The van der Waals surface area contributed by atoms with E-state index in [1.165, 1.54) is 6.07 Å². The normalized spacial score (nSPS) is 14.1. The Morgan fingerprint density at radius 1 is 1.50 bits per heavy atom. The number of hydrogen-bond donors (Lipinski definition) is 4. The molecule has 2 atom stereocenters. The Labute approximate surface area is 94.1 Å². The highest BCUT2D eigenvalue weighted by molar-refractivity contribution is 5.50. The Morgan fingerprint density at radius 3 is 2.75 bits per heavy atom. The Morgan fingerprint density at radius 2 is 2.19 bits per heavy atom. The van der Waals surface area contributed by atoms with E-state index in [2.05, 4.69) is 5.32 Å². The third-order valence-corrected chi connectivity index (χ3v) is 2.29. The lowest BCUT2D eigenvalue weighted by Crippen LogP contribution is -2.30. The van der Waals surface area contributed by atoms with Crippen LogP contribution in [0.2, 0.25) is 0 Å². The van der Waals surface area contributed by atoms with Gasteiger partial charge in [0.15, 0.2) is 0 Å². The van der Waals surface area contributed by atoms with Gasteiger partial charge in [-0.2, -0.15) is 5.26 Å². The molecule has 0 amide bonds. The molecule has 86 valence electrons. The number of aliphatic hydroxyl groups is 2. The van der Waals surface area contributed by atoms with Crippen molar-refractivity contribution in [2.45, 2.75) is 12.2 Å². The molecule has 0 heterocycles. The molecule has 0 aliphatic heterocycles. The molecule has 5 heteroatoms. The van der Waals surface area contributed by atoms with E-state index in [-0.39, 0.29) is 12.1 Å². The van der Waals surface area contributed by atoms with E-state index >= 15 is 0 Å². The molecule has 0 saturated carbocycles. The van der Waals surface area contributed by atoms with Gasteiger partial charge in [0, 0.05) is 17.8 Å². The van der Waals surface area contributed by atoms with Gasteiger partial charge in [0.2, 0.25) is 0 Å². The zero-order valence-corrected chi connectivity index (χ0v) is 9.01. The van der Waals surface area contributed by atoms with Crippen molar-refractivity contribution in [3.8, 4) is 6.07 Å². The SMILES string of the molecule is CNCC(O)C(O)c1ccc(N)cc1C#N. The summed E-state index contributed by atoms with van der Waals surface area (Å²) in [5.41, 5.74) is 6.65. The number of rotatable bonds is 4. The van der Waals surface area contributed by atoms with Crippen LogP contribution in [0.5, 0.6) is 0 Å². The molecule has 16 heavy (non-hydrogen) atoms. The second kappa shape index (κ2) is 5.47. The van der Waals surface area contributed by atoms with Crippen LogP contribution < -0.4 is 11.1 Å². The van der Waals surface area contributed by atoms with Crippen LogP contribution in [0.3, 0.4) is 0 Å². The highest BCUT2D eigenvalue weighted by atomic mass is 16.3. The number of aliphatic hydroxyl groups excluding tert-OH is 2. The zero-order valence-electron chi connectivity index (χ0n) is 9.01. The molecule has 1 aromatic carbocycles. The van der Waals surface area contributed by atoms with Crippen LogP contribution in [0.25, 0.3) is 0 Å². The lowest BCUT2D eigenvalue weighted by molar-refractivity contribution is 0.0201. The molecule has 5 N–H and O–H groups in total. The van der Waals surface area contributed by atoms with Gasteiger partial charge >= 0.3 is 0 Å². The zero-order chi connectivity index (χ0) is 12.1. The van der Waals surface area contributed by atoms with Crippen LogP contribution in [0.4, 0.5) is 5.69 Å². The van der Waals surface area contributed by atoms with E-state index in [0.717, 1.165) is 0 Å². The first kappa shape index (κ1) is 12.5. The van der Waals surface area contributed by atoms with Crippen LogP contribution in [0, 0.1) is 11.3 Å². The molecule has 2 unspecified atom stereocenters. The molecular formula is C11H15N3O2. The van der Waals surface area contributed by atoms with Crippen LogP contribution >= 0.6 is 0 Å². The molecule has 0 aliphatic rings. The molecular weight excluding hydrogens is 206 g/mol. The molecule has 0 spiro atoms. The van der Waals surface area contributed by atoms with Gasteiger partial charge in [-0.25, -0.2) is 0 Å². The fraction of sp³-hybridized carbons (Fsp3) is 0.364. The van der Waals surface area contributed by atoms with Crippen LogP contribution in [0.1, 0.15) is 17.2 Å². The maximum atomic E-state index is 9.84. The number of hydrogen-bond acceptors (Lipinski definition) is 5. The van der Waals surface area contributed by atoms with Gasteiger partial charge in [-0.15, -0.1) is 0 Å². The average molecular weight is 221 g/mol. The molecule has 0 aliphatic carbocycles. The summed E-state index contributed by atoms with van der Waals surface area (Å²) in [6, 6.07) is 6.56. The van der Waals surface area contributed by atoms with Crippen molar-refractivity contribution in [2.24, 2.45) is 0 Å². The van der Waals surface area contributed by atoms with E-state index in [4.69, 9.17) is 11.0 Å².